The molecule has 1 heteroatoms. The van der Waals surface area contributed by atoms with Crippen LogP contribution in [0.2, 0.25) is 13.1 Å². The minimum absolute atomic E-state index is 0.120. The molecule has 2 aromatic rings. The summed E-state index contributed by atoms with van der Waals surface area (Å²) in [6.07, 6.45) is 5.69. The highest BCUT2D eigenvalue weighted by atomic mass is 28.3. The molecule has 0 amide bonds. The van der Waals surface area contributed by atoms with Crippen LogP contribution in [0.15, 0.2) is 58.3 Å². The summed E-state index contributed by atoms with van der Waals surface area (Å²) in [4.78, 5) is 0. The molecule has 0 N–H and O–H groups in total. The standard InChI is InChI=1S/C31H40Si/c1-19-20(2)22(4)29(21(19)3)32(9,10)30-23(5)25(17-18-28(30)31(6,7)8)27-16-12-14-24-13-11-15-26(24)27/h11-12,14-18,21H,13H2,1-10H3. The lowest BCUT2D eigenvalue weighted by Gasteiger charge is -2.37. The molecular weight excluding hydrogens is 400 g/mol. The Hall–Kier alpha value is -2.12. The Bertz CT molecular complexity index is 1190. The molecule has 0 radical (unpaired) electrons. The van der Waals surface area contributed by atoms with E-state index in [-0.39, 0.29) is 5.41 Å². The van der Waals surface area contributed by atoms with Gasteiger partial charge in [-0.2, -0.15) is 0 Å². The molecule has 2 aliphatic carbocycles. The Morgan fingerprint density at radius 3 is 2.16 bits per heavy atom. The first-order chi connectivity index (χ1) is 14.9. The van der Waals surface area contributed by atoms with Gasteiger partial charge in [0.1, 0.15) is 8.07 Å². The molecule has 32 heavy (non-hydrogen) atoms. The van der Waals surface area contributed by atoms with Crippen LogP contribution in [0.4, 0.5) is 0 Å². The highest BCUT2D eigenvalue weighted by Gasteiger charge is 2.41. The summed E-state index contributed by atoms with van der Waals surface area (Å²) in [7, 11) is -1.92. The maximum atomic E-state index is 2.60. The van der Waals surface area contributed by atoms with Gasteiger partial charge in [-0.05, 0) is 89.6 Å². The second kappa shape index (κ2) is 7.73. The Labute approximate surface area is 197 Å². The third kappa shape index (κ3) is 3.41. The van der Waals surface area contributed by atoms with Gasteiger partial charge in [0.05, 0.1) is 0 Å². The van der Waals surface area contributed by atoms with Crippen molar-refractivity contribution in [2.75, 3.05) is 0 Å². The van der Waals surface area contributed by atoms with Crippen molar-refractivity contribution in [1.82, 2.24) is 0 Å². The third-order valence-corrected chi connectivity index (χ3v) is 12.4. The van der Waals surface area contributed by atoms with Gasteiger partial charge in [0, 0.05) is 0 Å². The number of fused-ring (bicyclic) bond motifs is 1. The van der Waals surface area contributed by atoms with Crippen molar-refractivity contribution in [3.8, 4) is 11.1 Å². The zero-order valence-corrected chi connectivity index (χ0v) is 22.8. The van der Waals surface area contributed by atoms with E-state index in [1.54, 1.807) is 21.5 Å². The summed E-state index contributed by atoms with van der Waals surface area (Å²) < 4.78 is 0. The highest BCUT2D eigenvalue weighted by Crippen LogP contribution is 2.43. The monoisotopic (exact) mass is 440 g/mol. The van der Waals surface area contributed by atoms with E-state index in [4.69, 9.17) is 0 Å². The Morgan fingerprint density at radius 2 is 1.56 bits per heavy atom. The molecule has 0 saturated heterocycles. The topological polar surface area (TPSA) is 0 Å². The van der Waals surface area contributed by atoms with Gasteiger partial charge in [0.2, 0.25) is 0 Å². The smallest absolute Gasteiger partial charge is 0.0795 e. The van der Waals surface area contributed by atoms with Crippen LogP contribution in [0.3, 0.4) is 0 Å². The largest absolute Gasteiger partial charge is 0.109 e. The average molecular weight is 441 g/mol. The molecule has 0 aliphatic heterocycles. The van der Waals surface area contributed by atoms with Gasteiger partial charge in [-0.25, -0.2) is 0 Å². The maximum absolute atomic E-state index is 2.60. The third-order valence-electron chi connectivity index (χ3n) is 8.32. The summed E-state index contributed by atoms with van der Waals surface area (Å²) >= 11 is 0. The minimum Gasteiger partial charge on any atom is -0.0795 e. The van der Waals surface area contributed by atoms with Crippen molar-refractivity contribution in [3.63, 3.8) is 0 Å². The summed E-state index contributed by atoms with van der Waals surface area (Å²) in [6.45, 7) is 24.2. The average Bonchev–Trinajstić information content (AvgIpc) is 3.26. The summed E-state index contributed by atoms with van der Waals surface area (Å²) in [5.74, 6) is 0.552. The van der Waals surface area contributed by atoms with E-state index in [1.165, 1.54) is 39.0 Å². The molecule has 2 aliphatic rings. The Morgan fingerprint density at radius 1 is 0.875 bits per heavy atom. The molecule has 1 unspecified atom stereocenters. The zero-order chi connectivity index (χ0) is 23.6. The highest BCUT2D eigenvalue weighted by molar-refractivity contribution is 6.96. The van der Waals surface area contributed by atoms with Crippen LogP contribution in [0, 0.1) is 12.8 Å². The molecule has 2 aromatic carbocycles. The Kier molecular flexibility index (Phi) is 5.57. The van der Waals surface area contributed by atoms with Crippen molar-refractivity contribution >= 4 is 19.3 Å². The van der Waals surface area contributed by atoms with E-state index in [1.807, 2.05) is 0 Å². The van der Waals surface area contributed by atoms with Crippen molar-refractivity contribution in [1.29, 1.82) is 0 Å². The molecule has 0 saturated carbocycles. The van der Waals surface area contributed by atoms with E-state index in [9.17, 15) is 0 Å². The van der Waals surface area contributed by atoms with Crippen LogP contribution < -0.4 is 5.19 Å². The number of allylic oxidation sites excluding steroid dienone is 5. The van der Waals surface area contributed by atoms with Gasteiger partial charge >= 0.3 is 0 Å². The van der Waals surface area contributed by atoms with Gasteiger partial charge in [0.25, 0.3) is 0 Å². The zero-order valence-electron chi connectivity index (χ0n) is 21.8. The lowest BCUT2D eigenvalue weighted by molar-refractivity contribution is 0.593. The van der Waals surface area contributed by atoms with Crippen molar-refractivity contribution in [2.24, 2.45) is 5.92 Å². The van der Waals surface area contributed by atoms with Crippen LogP contribution in [-0.4, -0.2) is 8.07 Å². The van der Waals surface area contributed by atoms with Crippen molar-refractivity contribution in [2.45, 2.75) is 80.3 Å². The molecule has 168 valence electrons. The first-order valence-corrected chi connectivity index (χ1v) is 15.2. The van der Waals surface area contributed by atoms with Crippen LogP contribution in [0.1, 0.15) is 70.7 Å². The molecule has 0 heterocycles. The molecule has 0 fully saturated rings. The van der Waals surface area contributed by atoms with E-state index in [2.05, 4.69) is 111 Å². The van der Waals surface area contributed by atoms with E-state index in [0.29, 0.717) is 5.92 Å². The SMILES string of the molecule is CC1=C(C)C(C)C([Si](C)(C)c2c(C(C)(C)C)ccc(-c3cccc4c3C=CC4)c2C)=C1C. The summed E-state index contributed by atoms with van der Waals surface area (Å²) in [5, 5.41) is 3.39. The van der Waals surface area contributed by atoms with Crippen LogP contribution in [0.25, 0.3) is 17.2 Å². The van der Waals surface area contributed by atoms with Gasteiger partial charge in [-0.15, -0.1) is 0 Å². The fourth-order valence-electron chi connectivity index (χ4n) is 6.47. The normalized spacial score (nSPS) is 18.8. The maximum Gasteiger partial charge on any atom is 0.109 e. The lowest BCUT2D eigenvalue weighted by atomic mass is 9.83. The van der Waals surface area contributed by atoms with Crippen LogP contribution in [-0.2, 0) is 11.8 Å². The fourth-order valence-corrected chi connectivity index (χ4v) is 11.4. The molecular formula is C31H40Si. The van der Waals surface area contributed by atoms with Crippen molar-refractivity contribution in [3.05, 3.63) is 80.6 Å². The fraction of sp³-hybridized carbons (Fsp3) is 0.419. The summed E-state index contributed by atoms with van der Waals surface area (Å²) in [5.41, 5.74) is 13.5. The first-order valence-electron chi connectivity index (χ1n) is 12.2. The number of rotatable bonds is 3. The van der Waals surface area contributed by atoms with Crippen LogP contribution in [0.5, 0.6) is 0 Å². The lowest BCUT2D eigenvalue weighted by Crippen LogP contribution is -2.51. The van der Waals surface area contributed by atoms with E-state index < -0.39 is 8.07 Å². The quantitative estimate of drug-likeness (QED) is 0.421. The van der Waals surface area contributed by atoms with E-state index in [0.717, 1.165) is 6.42 Å². The Balaban J connectivity index is 2.01. The molecule has 4 rings (SSSR count). The molecule has 1 atom stereocenters. The minimum atomic E-state index is -1.92. The predicted octanol–water partition coefficient (Wildman–Crippen LogP) is 8.29. The van der Waals surface area contributed by atoms with Gasteiger partial charge in [0.15, 0.2) is 0 Å². The van der Waals surface area contributed by atoms with Gasteiger partial charge in [-0.1, -0.05) is 99.6 Å². The molecule has 0 aromatic heterocycles. The first kappa shape index (κ1) is 23.0. The number of hydrogen-bond donors (Lipinski definition) is 0. The second-order valence-electron chi connectivity index (χ2n) is 11.6. The van der Waals surface area contributed by atoms with Gasteiger partial charge < -0.3 is 0 Å². The molecule has 0 nitrogen and oxygen atoms in total. The van der Waals surface area contributed by atoms with E-state index >= 15 is 0 Å². The number of benzene rings is 2. The molecule has 0 bridgehead atoms. The second-order valence-corrected chi connectivity index (χ2v) is 15.9. The molecule has 0 spiro atoms. The summed E-state index contributed by atoms with van der Waals surface area (Å²) in [6, 6.07) is 11.7. The van der Waals surface area contributed by atoms with Gasteiger partial charge in [-0.3, -0.25) is 0 Å². The van der Waals surface area contributed by atoms with Crippen molar-refractivity contribution < 1.29 is 0 Å². The number of hydrogen-bond acceptors (Lipinski definition) is 0. The van der Waals surface area contributed by atoms with Crippen LogP contribution >= 0.6 is 0 Å². The predicted molar refractivity (Wildman–Crippen MR) is 145 cm³/mol.